The zero-order chi connectivity index (χ0) is 17.2. The molecule has 3 nitrogen and oxygen atoms in total. The Bertz CT molecular complexity index is 565. The summed E-state index contributed by atoms with van der Waals surface area (Å²) in [6.45, 7) is 10.5. The molecule has 130 valence electrons. The van der Waals surface area contributed by atoms with E-state index in [0.29, 0.717) is 18.3 Å². The molecule has 5 heteroatoms. The van der Waals surface area contributed by atoms with Gasteiger partial charge in [0, 0.05) is 6.04 Å². The van der Waals surface area contributed by atoms with E-state index in [-0.39, 0.29) is 22.5 Å². The summed E-state index contributed by atoms with van der Waals surface area (Å²) in [6, 6.07) is 4.82. The normalized spacial score (nSPS) is 18.0. The number of nitrogens with one attached hydrogen (secondary N) is 1. The van der Waals surface area contributed by atoms with Gasteiger partial charge < -0.3 is 4.74 Å². The Kier molecular flexibility index (Phi) is 5.84. The lowest BCUT2D eigenvalue weighted by Gasteiger charge is -2.27. The first kappa shape index (κ1) is 18.4. The first-order valence-electron chi connectivity index (χ1n) is 8.28. The standard InChI is InChI=1S/C18H28FNO2S/c1-12(2)17(20-23(21)18(3,4)5)14-8-9-15(19)16(10-14)22-11-13-6-7-13/h8-10,12-13,17,20H,6-7,11H2,1-5H3/t17-,23+/m1/s1. The number of ether oxygens (including phenoxy) is 1. The van der Waals surface area contributed by atoms with Crippen molar-refractivity contribution in [2.24, 2.45) is 11.8 Å². The van der Waals surface area contributed by atoms with Crippen molar-refractivity contribution in [1.29, 1.82) is 0 Å². The third-order valence-electron chi connectivity index (χ3n) is 3.94. The van der Waals surface area contributed by atoms with Crippen LogP contribution in [-0.2, 0) is 11.0 Å². The lowest BCUT2D eigenvalue weighted by Crippen LogP contribution is -2.37. The van der Waals surface area contributed by atoms with Crippen molar-refractivity contribution in [3.63, 3.8) is 0 Å². The third-order valence-corrected chi connectivity index (χ3v) is 5.52. The molecule has 0 spiro atoms. The van der Waals surface area contributed by atoms with Gasteiger partial charge in [0.25, 0.3) is 0 Å². The van der Waals surface area contributed by atoms with Crippen molar-refractivity contribution in [3.8, 4) is 5.75 Å². The van der Waals surface area contributed by atoms with Gasteiger partial charge in [-0.05, 0) is 63.1 Å². The molecule has 1 saturated carbocycles. The van der Waals surface area contributed by atoms with Crippen LogP contribution in [0.1, 0.15) is 59.1 Å². The molecule has 1 N–H and O–H groups in total. The molecule has 0 bridgehead atoms. The lowest BCUT2D eigenvalue weighted by atomic mass is 9.97. The molecule has 0 heterocycles. The van der Waals surface area contributed by atoms with Crippen molar-refractivity contribution in [1.82, 2.24) is 4.72 Å². The van der Waals surface area contributed by atoms with Gasteiger partial charge in [0.05, 0.1) is 22.3 Å². The second-order valence-corrected chi connectivity index (χ2v) is 9.66. The van der Waals surface area contributed by atoms with E-state index >= 15 is 0 Å². The molecular weight excluding hydrogens is 313 g/mol. The second-order valence-electron chi connectivity index (χ2n) is 7.66. The Hall–Kier alpha value is -0.940. The summed E-state index contributed by atoms with van der Waals surface area (Å²) in [6.07, 6.45) is 2.34. The molecule has 0 aliphatic heterocycles. The quantitative estimate of drug-likeness (QED) is 0.800. The zero-order valence-corrected chi connectivity index (χ0v) is 15.5. The highest BCUT2D eigenvalue weighted by molar-refractivity contribution is 7.84. The molecule has 1 aromatic carbocycles. The summed E-state index contributed by atoms with van der Waals surface area (Å²) >= 11 is 0. The van der Waals surface area contributed by atoms with Crippen LogP contribution in [0.3, 0.4) is 0 Å². The molecule has 2 rings (SSSR count). The van der Waals surface area contributed by atoms with Crippen molar-refractivity contribution >= 4 is 11.0 Å². The fraction of sp³-hybridized carbons (Fsp3) is 0.667. The molecular formula is C18H28FNO2S. The van der Waals surface area contributed by atoms with Crippen LogP contribution in [0.5, 0.6) is 5.75 Å². The Morgan fingerprint density at radius 1 is 1.35 bits per heavy atom. The fourth-order valence-corrected chi connectivity index (χ4v) is 3.19. The number of benzene rings is 1. The van der Waals surface area contributed by atoms with Crippen LogP contribution in [0, 0.1) is 17.7 Å². The molecule has 1 fully saturated rings. The van der Waals surface area contributed by atoms with Crippen molar-refractivity contribution < 1.29 is 13.3 Å². The highest BCUT2D eigenvalue weighted by Crippen LogP contribution is 2.32. The van der Waals surface area contributed by atoms with Crippen molar-refractivity contribution in [3.05, 3.63) is 29.6 Å². The van der Waals surface area contributed by atoms with Gasteiger partial charge in [-0.3, -0.25) is 0 Å². The molecule has 1 aliphatic carbocycles. The number of hydrogen-bond acceptors (Lipinski definition) is 2. The number of rotatable bonds is 7. The third kappa shape index (κ3) is 5.28. The predicted molar refractivity (Wildman–Crippen MR) is 93.2 cm³/mol. The Labute approximate surface area is 141 Å². The van der Waals surface area contributed by atoms with Crippen LogP contribution in [0.15, 0.2) is 18.2 Å². The molecule has 2 atom stereocenters. The maximum Gasteiger partial charge on any atom is 0.165 e. The van der Waals surface area contributed by atoms with E-state index in [1.165, 1.54) is 18.9 Å². The minimum atomic E-state index is -1.19. The monoisotopic (exact) mass is 341 g/mol. The summed E-state index contributed by atoms with van der Waals surface area (Å²) in [7, 11) is -1.19. The van der Waals surface area contributed by atoms with Gasteiger partial charge in [-0.15, -0.1) is 0 Å². The highest BCUT2D eigenvalue weighted by Gasteiger charge is 2.26. The van der Waals surface area contributed by atoms with E-state index in [1.54, 1.807) is 12.1 Å². The number of hydrogen-bond donors (Lipinski definition) is 1. The van der Waals surface area contributed by atoms with E-state index in [4.69, 9.17) is 4.74 Å². The topological polar surface area (TPSA) is 38.3 Å². The minimum Gasteiger partial charge on any atom is -0.490 e. The zero-order valence-electron chi connectivity index (χ0n) is 14.7. The van der Waals surface area contributed by atoms with E-state index in [0.717, 1.165) is 5.56 Å². The number of halogens is 1. The van der Waals surface area contributed by atoms with Crippen molar-refractivity contribution in [2.45, 2.75) is 58.2 Å². The average Bonchev–Trinajstić information content (AvgIpc) is 3.26. The maximum atomic E-state index is 14.0. The van der Waals surface area contributed by atoms with E-state index in [9.17, 15) is 8.60 Å². The molecule has 0 aromatic heterocycles. The van der Waals surface area contributed by atoms with Crippen LogP contribution in [0.2, 0.25) is 0 Å². The first-order valence-corrected chi connectivity index (χ1v) is 9.43. The smallest absolute Gasteiger partial charge is 0.165 e. The van der Waals surface area contributed by atoms with Gasteiger partial charge in [-0.1, -0.05) is 19.9 Å². The first-order chi connectivity index (χ1) is 10.7. The van der Waals surface area contributed by atoms with Gasteiger partial charge in [-0.25, -0.2) is 13.3 Å². The second kappa shape index (κ2) is 7.31. The molecule has 0 radical (unpaired) electrons. The Balaban J connectivity index is 2.17. The van der Waals surface area contributed by atoms with E-state index < -0.39 is 11.0 Å². The van der Waals surface area contributed by atoms with E-state index in [1.807, 2.05) is 20.8 Å². The van der Waals surface area contributed by atoms with Gasteiger partial charge >= 0.3 is 0 Å². The Morgan fingerprint density at radius 2 is 2.00 bits per heavy atom. The van der Waals surface area contributed by atoms with Gasteiger partial charge in [0.15, 0.2) is 11.6 Å². The van der Waals surface area contributed by atoms with Crippen LogP contribution in [-0.4, -0.2) is 15.6 Å². The SMILES string of the molecule is CC(C)[C@@H](N[S@@](=O)C(C)(C)C)c1ccc(F)c(OCC2CC2)c1. The summed E-state index contributed by atoms with van der Waals surface area (Å²) in [5, 5.41) is 0. The van der Waals surface area contributed by atoms with Gasteiger partial charge in [0.1, 0.15) is 0 Å². The summed E-state index contributed by atoms with van der Waals surface area (Å²) in [4.78, 5) is 0. The predicted octanol–water partition coefficient (Wildman–Crippen LogP) is 4.36. The Morgan fingerprint density at radius 3 is 2.52 bits per heavy atom. The van der Waals surface area contributed by atoms with Gasteiger partial charge in [-0.2, -0.15) is 0 Å². The largest absolute Gasteiger partial charge is 0.490 e. The van der Waals surface area contributed by atoms with E-state index in [2.05, 4.69) is 18.6 Å². The average molecular weight is 341 g/mol. The van der Waals surface area contributed by atoms with Crippen LogP contribution in [0.4, 0.5) is 4.39 Å². The lowest BCUT2D eigenvalue weighted by molar-refractivity contribution is 0.284. The van der Waals surface area contributed by atoms with Crippen molar-refractivity contribution in [2.75, 3.05) is 6.61 Å². The molecule has 1 aromatic rings. The fourth-order valence-electron chi connectivity index (χ4n) is 2.20. The van der Waals surface area contributed by atoms with Crippen LogP contribution in [0.25, 0.3) is 0 Å². The highest BCUT2D eigenvalue weighted by atomic mass is 32.2. The molecule has 0 unspecified atom stereocenters. The van der Waals surface area contributed by atoms with Crippen LogP contribution >= 0.6 is 0 Å². The van der Waals surface area contributed by atoms with Gasteiger partial charge in [0.2, 0.25) is 0 Å². The maximum absolute atomic E-state index is 14.0. The summed E-state index contributed by atoms with van der Waals surface area (Å²) < 4.78 is 34.8. The summed E-state index contributed by atoms with van der Waals surface area (Å²) in [5.74, 6) is 0.755. The summed E-state index contributed by atoms with van der Waals surface area (Å²) in [5.41, 5.74) is 0.907. The molecule has 23 heavy (non-hydrogen) atoms. The van der Waals surface area contributed by atoms with Crippen LogP contribution < -0.4 is 9.46 Å². The molecule has 0 amide bonds. The molecule has 1 aliphatic rings. The minimum absolute atomic E-state index is 0.112. The molecule has 0 saturated heterocycles.